The Kier molecular flexibility index (Phi) is 2.68. The van der Waals surface area contributed by atoms with E-state index in [4.69, 9.17) is 4.52 Å². The average molecular weight is 254 g/mol. The fourth-order valence-electron chi connectivity index (χ4n) is 1.63. The van der Waals surface area contributed by atoms with E-state index in [0.29, 0.717) is 23.2 Å². The molecule has 0 amide bonds. The fraction of sp³-hybridized carbons (Fsp3) is 0.0769. The summed E-state index contributed by atoms with van der Waals surface area (Å²) < 4.78 is 5.18. The summed E-state index contributed by atoms with van der Waals surface area (Å²) in [5.74, 6) is 1.63. The predicted molar refractivity (Wildman–Crippen MR) is 67.2 cm³/mol. The lowest BCUT2D eigenvalue weighted by Gasteiger charge is -1.94. The van der Waals surface area contributed by atoms with E-state index >= 15 is 0 Å². The van der Waals surface area contributed by atoms with Gasteiger partial charge in [0.2, 0.25) is 5.82 Å². The molecule has 0 aliphatic rings. The van der Waals surface area contributed by atoms with Gasteiger partial charge in [0.1, 0.15) is 17.3 Å². The topological polar surface area (TPSA) is 84.9 Å². The van der Waals surface area contributed by atoms with E-state index in [1.165, 1.54) is 0 Å². The smallest absolute Gasteiger partial charge is 0.258 e. The number of phenolic OH excluding ortho intramolecular Hbond substituents is 1. The van der Waals surface area contributed by atoms with E-state index in [2.05, 4.69) is 20.1 Å². The highest BCUT2D eigenvalue weighted by molar-refractivity contribution is 5.57. The zero-order valence-corrected chi connectivity index (χ0v) is 10.1. The standard InChI is InChI=1S/C13H10N4O2/c1-8-14-7-6-11(15-8)12-16-13(19-17-12)9-2-4-10(18)5-3-9/h2-7,18H,1H3. The van der Waals surface area contributed by atoms with Crippen molar-refractivity contribution in [2.45, 2.75) is 6.92 Å². The molecule has 6 nitrogen and oxygen atoms in total. The molecule has 94 valence electrons. The number of aryl methyl sites for hydroxylation is 1. The van der Waals surface area contributed by atoms with Gasteiger partial charge in [-0.05, 0) is 37.3 Å². The molecule has 6 heteroatoms. The summed E-state index contributed by atoms with van der Waals surface area (Å²) in [6, 6.07) is 8.26. The van der Waals surface area contributed by atoms with Crippen LogP contribution in [0.15, 0.2) is 41.1 Å². The first kappa shape index (κ1) is 11.3. The molecule has 0 radical (unpaired) electrons. The normalized spacial score (nSPS) is 10.6. The van der Waals surface area contributed by atoms with Crippen molar-refractivity contribution in [2.75, 3.05) is 0 Å². The lowest BCUT2D eigenvalue weighted by atomic mass is 10.2. The molecule has 2 aromatic heterocycles. The average Bonchev–Trinajstić information content (AvgIpc) is 2.89. The minimum absolute atomic E-state index is 0.190. The summed E-state index contributed by atoms with van der Waals surface area (Å²) in [5, 5.41) is 13.1. The molecule has 0 saturated heterocycles. The molecule has 0 unspecified atom stereocenters. The Hall–Kier alpha value is -2.76. The number of hydrogen-bond acceptors (Lipinski definition) is 6. The summed E-state index contributed by atoms with van der Waals surface area (Å²) in [7, 11) is 0. The van der Waals surface area contributed by atoms with Crippen LogP contribution in [0.2, 0.25) is 0 Å². The molecule has 0 saturated carbocycles. The van der Waals surface area contributed by atoms with Crippen LogP contribution in [0.4, 0.5) is 0 Å². The van der Waals surface area contributed by atoms with E-state index in [0.717, 1.165) is 5.56 Å². The van der Waals surface area contributed by atoms with Crippen LogP contribution < -0.4 is 0 Å². The molecular weight excluding hydrogens is 244 g/mol. The molecule has 3 rings (SSSR count). The van der Waals surface area contributed by atoms with Crippen LogP contribution >= 0.6 is 0 Å². The minimum Gasteiger partial charge on any atom is -0.508 e. The Morgan fingerprint density at radius 1 is 1.05 bits per heavy atom. The molecule has 1 N–H and O–H groups in total. The van der Waals surface area contributed by atoms with E-state index in [9.17, 15) is 5.11 Å². The van der Waals surface area contributed by atoms with Crippen molar-refractivity contribution in [3.8, 4) is 28.7 Å². The van der Waals surface area contributed by atoms with Crippen molar-refractivity contribution in [1.29, 1.82) is 0 Å². The van der Waals surface area contributed by atoms with Crippen molar-refractivity contribution >= 4 is 0 Å². The zero-order chi connectivity index (χ0) is 13.2. The third-order valence-corrected chi connectivity index (χ3v) is 2.55. The lowest BCUT2D eigenvalue weighted by molar-refractivity contribution is 0.432. The van der Waals surface area contributed by atoms with E-state index < -0.39 is 0 Å². The van der Waals surface area contributed by atoms with Crippen LogP contribution in [-0.4, -0.2) is 25.2 Å². The van der Waals surface area contributed by atoms with Gasteiger partial charge in [0, 0.05) is 11.8 Å². The van der Waals surface area contributed by atoms with Gasteiger partial charge in [0.25, 0.3) is 5.89 Å². The second-order valence-corrected chi connectivity index (χ2v) is 3.96. The number of hydrogen-bond donors (Lipinski definition) is 1. The van der Waals surface area contributed by atoms with Gasteiger partial charge in [0.15, 0.2) is 0 Å². The lowest BCUT2D eigenvalue weighted by Crippen LogP contribution is -1.91. The Bertz CT molecular complexity index is 707. The summed E-state index contributed by atoms with van der Waals surface area (Å²) in [6.45, 7) is 1.80. The molecular formula is C13H10N4O2. The van der Waals surface area contributed by atoms with Gasteiger partial charge in [-0.25, -0.2) is 9.97 Å². The number of nitrogens with zero attached hydrogens (tertiary/aromatic N) is 4. The summed E-state index contributed by atoms with van der Waals surface area (Å²) in [4.78, 5) is 12.5. The first-order valence-electron chi connectivity index (χ1n) is 5.65. The first-order chi connectivity index (χ1) is 9.22. The second kappa shape index (κ2) is 4.49. The largest absolute Gasteiger partial charge is 0.508 e. The molecule has 0 bridgehead atoms. The summed E-state index contributed by atoms with van der Waals surface area (Å²) >= 11 is 0. The Morgan fingerprint density at radius 3 is 2.58 bits per heavy atom. The highest BCUT2D eigenvalue weighted by Gasteiger charge is 2.11. The van der Waals surface area contributed by atoms with E-state index in [-0.39, 0.29) is 5.75 Å². The fourth-order valence-corrected chi connectivity index (χ4v) is 1.63. The van der Waals surface area contributed by atoms with Gasteiger partial charge in [0.05, 0.1) is 0 Å². The molecule has 1 aromatic carbocycles. The van der Waals surface area contributed by atoms with E-state index in [1.807, 2.05) is 0 Å². The monoisotopic (exact) mass is 254 g/mol. The molecule has 19 heavy (non-hydrogen) atoms. The molecule has 0 atom stereocenters. The van der Waals surface area contributed by atoms with Gasteiger partial charge in [-0.2, -0.15) is 4.98 Å². The van der Waals surface area contributed by atoms with Crippen molar-refractivity contribution in [1.82, 2.24) is 20.1 Å². The Morgan fingerprint density at radius 2 is 1.84 bits per heavy atom. The van der Waals surface area contributed by atoms with Crippen LogP contribution in [-0.2, 0) is 0 Å². The van der Waals surface area contributed by atoms with Crippen LogP contribution in [0, 0.1) is 6.92 Å². The number of benzene rings is 1. The molecule has 0 fully saturated rings. The first-order valence-corrected chi connectivity index (χ1v) is 5.65. The molecule has 0 spiro atoms. The molecule has 0 aliphatic carbocycles. The third kappa shape index (κ3) is 2.28. The summed E-state index contributed by atoms with van der Waals surface area (Å²) in [5.41, 5.74) is 1.35. The van der Waals surface area contributed by atoms with Gasteiger partial charge in [-0.15, -0.1) is 0 Å². The predicted octanol–water partition coefficient (Wildman–Crippen LogP) is 2.21. The molecule has 0 aliphatic heterocycles. The van der Waals surface area contributed by atoms with Crippen molar-refractivity contribution < 1.29 is 9.63 Å². The van der Waals surface area contributed by atoms with Gasteiger partial charge >= 0.3 is 0 Å². The maximum atomic E-state index is 9.23. The Labute approximate surface area is 108 Å². The van der Waals surface area contributed by atoms with Gasteiger partial charge in [-0.3, -0.25) is 0 Å². The molecule has 3 aromatic rings. The number of rotatable bonds is 2. The minimum atomic E-state index is 0.190. The van der Waals surface area contributed by atoms with Crippen LogP contribution in [0.25, 0.3) is 23.0 Å². The maximum Gasteiger partial charge on any atom is 0.258 e. The van der Waals surface area contributed by atoms with Crippen molar-refractivity contribution in [3.63, 3.8) is 0 Å². The van der Waals surface area contributed by atoms with Gasteiger partial charge < -0.3 is 9.63 Å². The quantitative estimate of drug-likeness (QED) is 0.754. The third-order valence-electron chi connectivity index (χ3n) is 2.55. The molecule has 2 heterocycles. The van der Waals surface area contributed by atoms with Crippen LogP contribution in [0.3, 0.4) is 0 Å². The van der Waals surface area contributed by atoms with Crippen molar-refractivity contribution in [3.05, 3.63) is 42.4 Å². The van der Waals surface area contributed by atoms with Crippen LogP contribution in [0.1, 0.15) is 5.82 Å². The number of aromatic hydroxyl groups is 1. The zero-order valence-electron chi connectivity index (χ0n) is 10.1. The highest BCUT2D eigenvalue weighted by atomic mass is 16.5. The van der Waals surface area contributed by atoms with Crippen molar-refractivity contribution in [2.24, 2.45) is 0 Å². The van der Waals surface area contributed by atoms with Gasteiger partial charge in [-0.1, -0.05) is 5.16 Å². The number of phenols is 1. The second-order valence-electron chi connectivity index (χ2n) is 3.96. The van der Waals surface area contributed by atoms with E-state index in [1.54, 1.807) is 43.5 Å². The Balaban J connectivity index is 1.97. The maximum absolute atomic E-state index is 9.23. The van der Waals surface area contributed by atoms with Crippen LogP contribution in [0.5, 0.6) is 5.75 Å². The number of aromatic nitrogens is 4. The highest BCUT2D eigenvalue weighted by Crippen LogP contribution is 2.22. The SMILES string of the molecule is Cc1nccc(-c2noc(-c3ccc(O)cc3)n2)n1. The summed E-state index contributed by atoms with van der Waals surface area (Å²) in [6.07, 6.45) is 1.65.